The Morgan fingerprint density at radius 3 is 2.14 bits per heavy atom. The molecule has 1 fully saturated rings. The number of hydrogen-bond donors (Lipinski definition) is 2. The number of hydrogen-bond acceptors (Lipinski definition) is 5. The molecule has 1 aliphatic rings. The van der Waals surface area contributed by atoms with Gasteiger partial charge in [0.15, 0.2) is 0 Å². The first-order valence-electron chi connectivity index (χ1n) is 10.7. The number of aromatic carboxylic acids is 1. The molecule has 0 saturated carbocycles. The molecule has 0 aromatic heterocycles. The van der Waals surface area contributed by atoms with Crippen molar-refractivity contribution in [3.05, 3.63) is 94.9 Å². The highest BCUT2D eigenvalue weighted by atomic mass is 32.2. The average molecular weight is 499 g/mol. The monoisotopic (exact) mass is 498 g/mol. The highest BCUT2D eigenvalue weighted by Crippen LogP contribution is 2.36. The minimum atomic E-state index is -1.05. The van der Waals surface area contributed by atoms with Crippen LogP contribution in [0, 0.1) is 0 Å². The molecule has 1 saturated heterocycles. The maximum atomic E-state index is 13.2. The van der Waals surface area contributed by atoms with E-state index in [-0.39, 0.29) is 18.0 Å². The molecule has 172 valence electrons. The van der Waals surface area contributed by atoms with Crippen LogP contribution in [0.2, 0.25) is 0 Å². The number of benzene rings is 4. The number of fused-ring (bicyclic) bond motifs is 2. The average Bonchev–Trinajstić information content (AvgIpc) is 3.11. The number of nitrogens with zero attached hydrogens (tertiary/aromatic N) is 1. The van der Waals surface area contributed by atoms with Gasteiger partial charge in [-0.25, -0.2) is 4.79 Å². The van der Waals surface area contributed by atoms with Gasteiger partial charge >= 0.3 is 5.97 Å². The molecule has 2 N–H and O–H groups in total. The van der Waals surface area contributed by atoms with Gasteiger partial charge in [-0.05, 0) is 63.5 Å². The third-order valence-corrected chi connectivity index (χ3v) is 7.06. The van der Waals surface area contributed by atoms with E-state index in [4.69, 9.17) is 17.3 Å². The zero-order valence-corrected chi connectivity index (χ0v) is 19.9. The summed E-state index contributed by atoms with van der Waals surface area (Å²) in [6.07, 6.45) is 1.85. The van der Waals surface area contributed by atoms with E-state index in [2.05, 4.69) is 11.4 Å². The van der Waals surface area contributed by atoms with Gasteiger partial charge < -0.3 is 10.4 Å². The number of amides is 2. The van der Waals surface area contributed by atoms with Crippen LogP contribution >= 0.6 is 24.0 Å². The summed E-state index contributed by atoms with van der Waals surface area (Å²) in [5.41, 5.74) is 1.48. The number of thioether (sulfide) groups is 1. The molecular formula is C27H18N2O4S2. The van der Waals surface area contributed by atoms with Gasteiger partial charge in [0.2, 0.25) is 5.91 Å². The summed E-state index contributed by atoms with van der Waals surface area (Å²) in [5, 5.41) is 15.9. The molecule has 0 spiro atoms. The zero-order chi connectivity index (χ0) is 24.5. The van der Waals surface area contributed by atoms with Crippen LogP contribution in [-0.4, -0.2) is 38.7 Å². The fourth-order valence-electron chi connectivity index (χ4n) is 4.01. The molecule has 0 bridgehead atoms. The number of carboxylic acid groups (broad SMARTS) is 1. The van der Waals surface area contributed by atoms with Gasteiger partial charge in [0, 0.05) is 5.69 Å². The lowest BCUT2D eigenvalue weighted by Gasteiger charge is -2.14. The molecule has 5 rings (SSSR count). The van der Waals surface area contributed by atoms with E-state index in [0.717, 1.165) is 27.1 Å². The zero-order valence-electron chi connectivity index (χ0n) is 18.2. The van der Waals surface area contributed by atoms with E-state index in [9.17, 15) is 14.4 Å². The summed E-state index contributed by atoms with van der Waals surface area (Å²) in [5.74, 6) is -1.80. The SMILES string of the molecule is O=C(CN1C(=O)/C(=C/c2c3ccccc3cc3ccccc23)SC1=S)Nc1ccc(C(=O)O)cc1. The van der Waals surface area contributed by atoms with Crippen molar-refractivity contribution in [1.29, 1.82) is 0 Å². The number of carbonyl (C=O) groups excluding carboxylic acids is 2. The van der Waals surface area contributed by atoms with Gasteiger partial charge in [-0.15, -0.1) is 0 Å². The molecular weight excluding hydrogens is 480 g/mol. The Hall–Kier alpha value is -4.01. The molecule has 1 aliphatic heterocycles. The molecule has 0 radical (unpaired) electrons. The van der Waals surface area contributed by atoms with Crippen molar-refractivity contribution in [2.45, 2.75) is 0 Å². The molecule has 4 aromatic rings. The van der Waals surface area contributed by atoms with Crippen LogP contribution in [0.25, 0.3) is 27.6 Å². The van der Waals surface area contributed by atoms with Gasteiger partial charge in [0.05, 0.1) is 10.5 Å². The van der Waals surface area contributed by atoms with Gasteiger partial charge in [0.1, 0.15) is 10.9 Å². The molecule has 4 aromatic carbocycles. The van der Waals surface area contributed by atoms with Crippen molar-refractivity contribution in [3.63, 3.8) is 0 Å². The molecule has 0 atom stereocenters. The minimum Gasteiger partial charge on any atom is -0.478 e. The van der Waals surface area contributed by atoms with Crippen molar-refractivity contribution in [3.8, 4) is 0 Å². The fraction of sp³-hybridized carbons (Fsp3) is 0.0370. The first-order valence-corrected chi connectivity index (χ1v) is 11.9. The van der Waals surface area contributed by atoms with Crippen molar-refractivity contribution < 1.29 is 19.5 Å². The van der Waals surface area contributed by atoms with E-state index in [0.29, 0.717) is 14.9 Å². The summed E-state index contributed by atoms with van der Waals surface area (Å²) in [4.78, 5) is 38.5. The largest absolute Gasteiger partial charge is 0.478 e. The Bertz CT molecular complexity index is 1510. The fourth-order valence-corrected chi connectivity index (χ4v) is 5.25. The minimum absolute atomic E-state index is 0.117. The third-order valence-electron chi connectivity index (χ3n) is 5.68. The number of nitrogens with one attached hydrogen (secondary N) is 1. The van der Waals surface area contributed by atoms with E-state index < -0.39 is 11.9 Å². The molecule has 2 amide bonds. The van der Waals surface area contributed by atoms with Crippen LogP contribution in [0.3, 0.4) is 0 Å². The highest BCUT2D eigenvalue weighted by molar-refractivity contribution is 8.26. The maximum Gasteiger partial charge on any atom is 0.335 e. The first kappa shape index (κ1) is 22.8. The Morgan fingerprint density at radius 1 is 0.943 bits per heavy atom. The lowest BCUT2D eigenvalue weighted by Crippen LogP contribution is -2.36. The predicted octanol–water partition coefficient (Wildman–Crippen LogP) is 5.53. The molecule has 35 heavy (non-hydrogen) atoms. The Labute approximate surface area is 210 Å². The number of thiocarbonyl (C=S) groups is 1. The van der Waals surface area contributed by atoms with E-state index in [1.165, 1.54) is 40.9 Å². The number of rotatable bonds is 5. The summed E-state index contributed by atoms with van der Waals surface area (Å²) in [7, 11) is 0. The molecule has 6 nitrogen and oxygen atoms in total. The van der Waals surface area contributed by atoms with Crippen LogP contribution in [0.1, 0.15) is 15.9 Å². The van der Waals surface area contributed by atoms with Crippen molar-refractivity contribution in [1.82, 2.24) is 4.90 Å². The summed E-state index contributed by atoms with van der Waals surface area (Å²) < 4.78 is 0.308. The van der Waals surface area contributed by atoms with Crippen LogP contribution < -0.4 is 5.32 Å². The van der Waals surface area contributed by atoms with Gasteiger partial charge in [-0.3, -0.25) is 14.5 Å². The molecule has 0 aliphatic carbocycles. The Kier molecular flexibility index (Phi) is 6.07. The number of carboxylic acids is 1. The molecule has 8 heteroatoms. The Balaban J connectivity index is 1.41. The molecule has 0 unspecified atom stereocenters. The second-order valence-electron chi connectivity index (χ2n) is 7.93. The normalized spacial score (nSPS) is 14.7. The lowest BCUT2D eigenvalue weighted by molar-refractivity contribution is -0.126. The topological polar surface area (TPSA) is 86.7 Å². The molecule has 1 heterocycles. The van der Waals surface area contributed by atoms with E-state index >= 15 is 0 Å². The lowest BCUT2D eigenvalue weighted by atomic mass is 9.96. The van der Waals surface area contributed by atoms with Crippen LogP contribution in [0.4, 0.5) is 5.69 Å². The standard InChI is InChI=1S/C27H18N2O4S2/c30-24(28-19-11-9-16(10-12-19)26(32)33)15-29-25(31)23(35-27(29)34)14-22-20-7-3-1-5-17(20)13-18-6-2-4-8-21(18)22/h1-14H,15H2,(H,28,30)(H,32,33)/b23-14-. The van der Waals surface area contributed by atoms with Gasteiger partial charge in [-0.1, -0.05) is 72.5 Å². The van der Waals surface area contributed by atoms with Gasteiger partial charge in [0.25, 0.3) is 5.91 Å². The third kappa shape index (κ3) is 4.53. The van der Waals surface area contributed by atoms with Crippen LogP contribution in [0.5, 0.6) is 0 Å². The van der Waals surface area contributed by atoms with Crippen LogP contribution in [0.15, 0.2) is 83.8 Å². The first-order chi connectivity index (χ1) is 16.9. The van der Waals surface area contributed by atoms with Crippen LogP contribution in [-0.2, 0) is 9.59 Å². The second kappa shape index (κ2) is 9.32. The smallest absolute Gasteiger partial charge is 0.335 e. The summed E-state index contributed by atoms with van der Waals surface area (Å²) >= 11 is 6.58. The van der Waals surface area contributed by atoms with Crippen molar-refractivity contribution in [2.24, 2.45) is 0 Å². The van der Waals surface area contributed by atoms with E-state index in [1.807, 2.05) is 54.6 Å². The quantitative estimate of drug-likeness (QED) is 0.214. The maximum absolute atomic E-state index is 13.2. The van der Waals surface area contributed by atoms with Gasteiger partial charge in [-0.2, -0.15) is 0 Å². The second-order valence-corrected chi connectivity index (χ2v) is 9.61. The summed E-state index contributed by atoms with van der Waals surface area (Å²) in [6.45, 7) is -0.237. The summed E-state index contributed by atoms with van der Waals surface area (Å²) in [6, 6.07) is 23.9. The van der Waals surface area contributed by atoms with E-state index in [1.54, 1.807) is 0 Å². The Morgan fingerprint density at radius 2 is 1.54 bits per heavy atom. The number of anilines is 1. The van der Waals surface area contributed by atoms with Crippen molar-refractivity contribution >= 4 is 79.4 Å². The predicted molar refractivity (Wildman–Crippen MR) is 143 cm³/mol. The number of carbonyl (C=O) groups is 3. The van der Waals surface area contributed by atoms with Crippen molar-refractivity contribution in [2.75, 3.05) is 11.9 Å². The highest BCUT2D eigenvalue weighted by Gasteiger charge is 2.33.